The highest BCUT2D eigenvalue weighted by Crippen LogP contribution is 2.51. The van der Waals surface area contributed by atoms with E-state index in [1.807, 2.05) is 12.1 Å². The summed E-state index contributed by atoms with van der Waals surface area (Å²) in [5.41, 5.74) is 8.54. The number of methoxy groups -OCH3 is 2. The number of fused-ring (bicyclic) bond motifs is 1. The number of ether oxygens (including phenoxy) is 2. The van der Waals surface area contributed by atoms with E-state index in [9.17, 15) is 0 Å². The van der Waals surface area contributed by atoms with Crippen molar-refractivity contribution in [2.45, 2.75) is 31.7 Å². The minimum atomic E-state index is 0.0371. The van der Waals surface area contributed by atoms with Crippen LogP contribution in [0, 0.1) is 0 Å². The van der Waals surface area contributed by atoms with E-state index in [1.165, 1.54) is 5.56 Å². The fraction of sp³-hybridized carbons (Fsp3) is 0.538. The van der Waals surface area contributed by atoms with E-state index in [1.54, 1.807) is 14.2 Å². The van der Waals surface area contributed by atoms with Crippen molar-refractivity contribution in [1.82, 2.24) is 0 Å². The molecule has 0 spiro atoms. The summed E-state index contributed by atoms with van der Waals surface area (Å²) in [6, 6.07) is 3.92. The molecule has 0 amide bonds. The Balaban J connectivity index is 2.69. The van der Waals surface area contributed by atoms with Crippen LogP contribution in [0.4, 0.5) is 0 Å². The Morgan fingerprint density at radius 1 is 1.19 bits per heavy atom. The highest BCUT2D eigenvalue weighted by molar-refractivity contribution is 5.56. The molecule has 3 nitrogen and oxygen atoms in total. The van der Waals surface area contributed by atoms with Crippen molar-refractivity contribution in [2.24, 2.45) is 5.73 Å². The lowest BCUT2D eigenvalue weighted by molar-refractivity contribution is 0.388. The standard InChI is InChI=1S/C13H19NO2/c1-13(2)7-8(14)11-9(15-3)5-6-10(16-4)12(11)13/h5-6,8H,7,14H2,1-4H3/t8-/m1/s1. The van der Waals surface area contributed by atoms with E-state index in [4.69, 9.17) is 15.2 Å². The van der Waals surface area contributed by atoms with E-state index in [0.717, 1.165) is 23.5 Å². The highest BCUT2D eigenvalue weighted by Gasteiger charge is 2.39. The molecule has 0 bridgehead atoms. The monoisotopic (exact) mass is 221 g/mol. The Morgan fingerprint density at radius 3 is 2.31 bits per heavy atom. The van der Waals surface area contributed by atoms with Gasteiger partial charge >= 0.3 is 0 Å². The van der Waals surface area contributed by atoms with E-state index < -0.39 is 0 Å². The Labute approximate surface area is 96.5 Å². The number of benzene rings is 1. The van der Waals surface area contributed by atoms with Crippen LogP contribution in [-0.2, 0) is 5.41 Å². The van der Waals surface area contributed by atoms with Gasteiger partial charge in [-0.15, -0.1) is 0 Å². The van der Waals surface area contributed by atoms with Gasteiger partial charge in [-0.2, -0.15) is 0 Å². The van der Waals surface area contributed by atoms with Crippen molar-refractivity contribution in [3.8, 4) is 11.5 Å². The van der Waals surface area contributed by atoms with Gasteiger partial charge < -0.3 is 15.2 Å². The molecule has 1 atom stereocenters. The summed E-state index contributed by atoms with van der Waals surface area (Å²) in [6.07, 6.45) is 0.930. The average Bonchev–Trinajstić information content (AvgIpc) is 2.49. The molecule has 88 valence electrons. The first-order valence-corrected chi connectivity index (χ1v) is 5.52. The Morgan fingerprint density at radius 2 is 1.75 bits per heavy atom. The lowest BCUT2D eigenvalue weighted by Crippen LogP contribution is -2.15. The second-order valence-electron chi connectivity index (χ2n) is 4.95. The topological polar surface area (TPSA) is 44.5 Å². The van der Waals surface area contributed by atoms with Gasteiger partial charge in [0.1, 0.15) is 11.5 Å². The highest BCUT2D eigenvalue weighted by atomic mass is 16.5. The van der Waals surface area contributed by atoms with Crippen molar-refractivity contribution >= 4 is 0 Å². The second-order valence-corrected chi connectivity index (χ2v) is 4.95. The Hall–Kier alpha value is -1.22. The zero-order chi connectivity index (χ0) is 11.9. The third kappa shape index (κ3) is 1.47. The maximum atomic E-state index is 6.19. The molecule has 2 N–H and O–H groups in total. The van der Waals surface area contributed by atoms with Crippen LogP contribution in [0.15, 0.2) is 12.1 Å². The summed E-state index contributed by atoms with van der Waals surface area (Å²) in [6.45, 7) is 4.39. The molecule has 3 heteroatoms. The molecular weight excluding hydrogens is 202 g/mol. The molecule has 0 saturated heterocycles. The Bertz CT molecular complexity index is 413. The zero-order valence-electron chi connectivity index (χ0n) is 10.3. The van der Waals surface area contributed by atoms with Crippen LogP contribution in [0.1, 0.15) is 37.4 Å². The second kappa shape index (κ2) is 3.67. The van der Waals surface area contributed by atoms with E-state index in [2.05, 4.69) is 13.8 Å². The van der Waals surface area contributed by atoms with Crippen molar-refractivity contribution in [3.63, 3.8) is 0 Å². The number of hydrogen-bond acceptors (Lipinski definition) is 3. The molecule has 1 aromatic carbocycles. The minimum Gasteiger partial charge on any atom is -0.496 e. The van der Waals surface area contributed by atoms with Crippen LogP contribution < -0.4 is 15.2 Å². The van der Waals surface area contributed by atoms with Gasteiger partial charge in [0.15, 0.2) is 0 Å². The van der Waals surface area contributed by atoms with E-state index >= 15 is 0 Å². The minimum absolute atomic E-state index is 0.0371. The normalized spacial score (nSPS) is 21.7. The van der Waals surface area contributed by atoms with Gasteiger partial charge in [-0.05, 0) is 24.0 Å². The number of nitrogens with two attached hydrogens (primary N) is 1. The van der Waals surface area contributed by atoms with Crippen LogP contribution >= 0.6 is 0 Å². The predicted molar refractivity (Wildman–Crippen MR) is 64.1 cm³/mol. The Kier molecular flexibility index (Phi) is 2.58. The molecule has 0 aliphatic heterocycles. The van der Waals surface area contributed by atoms with Gasteiger partial charge in [0.25, 0.3) is 0 Å². The van der Waals surface area contributed by atoms with Gasteiger partial charge in [-0.25, -0.2) is 0 Å². The number of rotatable bonds is 2. The van der Waals surface area contributed by atoms with Gasteiger partial charge in [0.2, 0.25) is 0 Å². The van der Waals surface area contributed by atoms with Crippen LogP contribution in [0.2, 0.25) is 0 Å². The quantitative estimate of drug-likeness (QED) is 0.834. The van der Waals surface area contributed by atoms with Crippen LogP contribution in [0.5, 0.6) is 11.5 Å². The van der Waals surface area contributed by atoms with Gasteiger partial charge in [-0.1, -0.05) is 13.8 Å². The third-order valence-electron chi connectivity index (χ3n) is 3.38. The van der Waals surface area contributed by atoms with Crippen molar-refractivity contribution in [3.05, 3.63) is 23.3 Å². The first-order chi connectivity index (χ1) is 7.51. The summed E-state index contributed by atoms with van der Waals surface area (Å²) in [5, 5.41) is 0. The molecular formula is C13H19NO2. The summed E-state index contributed by atoms with van der Waals surface area (Å²) in [7, 11) is 3.38. The summed E-state index contributed by atoms with van der Waals surface area (Å²) in [5.74, 6) is 1.78. The van der Waals surface area contributed by atoms with E-state index in [-0.39, 0.29) is 11.5 Å². The molecule has 1 aliphatic carbocycles. The molecule has 0 saturated carbocycles. The van der Waals surface area contributed by atoms with Gasteiger partial charge in [0.05, 0.1) is 14.2 Å². The SMILES string of the molecule is COc1ccc(OC)c2c1[C@H](N)CC2(C)C. The molecule has 0 radical (unpaired) electrons. The first kappa shape index (κ1) is 11.3. The van der Waals surface area contributed by atoms with Crippen LogP contribution in [0.25, 0.3) is 0 Å². The molecule has 0 unspecified atom stereocenters. The summed E-state index contributed by atoms with van der Waals surface area (Å²) in [4.78, 5) is 0. The van der Waals surface area contributed by atoms with Gasteiger partial charge in [-0.3, -0.25) is 0 Å². The summed E-state index contributed by atoms with van der Waals surface area (Å²) >= 11 is 0. The van der Waals surface area contributed by atoms with Crippen LogP contribution in [-0.4, -0.2) is 14.2 Å². The van der Waals surface area contributed by atoms with Crippen LogP contribution in [0.3, 0.4) is 0 Å². The maximum absolute atomic E-state index is 6.19. The molecule has 0 fully saturated rings. The molecule has 16 heavy (non-hydrogen) atoms. The molecule has 0 aromatic heterocycles. The fourth-order valence-corrected chi connectivity index (χ4v) is 2.75. The van der Waals surface area contributed by atoms with E-state index in [0.29, 0.717) is 0 Å². The average molecular weight is 221 g/mol. The molecule has 1 aliphatic rings. The van der Waals surface area contributed by atoms with Crippen molar-refractivity contribution < 1.29 is 9.47 Å². The largest absolute Gasteiger partial charge is 0.496 e. The number of hydrogen-bond donors (Lipinski definition) is 1. The lowest BCUT2D eigenvalue weighted by Gasteiger charge is -2.21. The smallest absolute Gasteiger partial charge is 0.124 e. The summed E-state index contributed by atoms with van der Waals surface area (Å²) < 4.78 is 10.8. The van der Waals surface area contributed by atoms with Crippen molar-refractivity contribution in [2.75, 3.05) is 14.2 Å². The fourth-order valence-electron chi connectivity index (χ4n) is 2.75. The third-order valence-corrected chi connectivity index (χ3v) is 3.38. The van der Waals surface area contributed by atoms with Gasteiger partial charge in [0, 0.05) is 17.2 Å². The predicted octanol–water partition coefficient (Wildman–Crippen LogP) is 2.38. The molecule has 0 heterocycles. The molecule has 1 aromatic rings. The molecule has 2 rings (SSSR count). The van der Waals surface area contributed by atoms with Crippen molar-refractivity contribution in [1.29, 1.82) is 0 Å². The maximum Gasteiger partial charge on any atom is 0.124 e. The zero-order valence-corrected chi connectivity index (χ0v) is 10.3. The first-order valence-electron chi connectivity index (χ1n) is 5.52. The lowest BCUT2D eigenvalue weighted by atomic mass is 9.86.